The molecule has 2 aliphatic carbocycles. The predicted octanol–water partition coefficient (Wildman–Crippen LogP) is 2.33. The number of ether oxygens (including phenoxy) is 3. The molecule has 1 aromatic carbocycles. The molecule has 2 N–H and O–H groups in total. The first kappa shape index (κ1) is 19.4. The van der Waals surface area contributed by atoms with E-state index in [1.165, 1.54) is 24.8 Å². The Morgan fingerprint density at radius 2 is 2.03 bits per heavy atom. The highest BCUT2D eigenvalue weighted by Gasteiger charge is 2.65. The molecule has 1 aromatic rings. The molecule has 6 atom stereocenters. The maximum Gasteiger partial charge on any atom is 0.315 e. The number of nitrogens with two attached hydrogens (primary N) is 1. The van der Waals surface area contributed by atoms with Gasteiger partial charge in [-0.15, -0.1) is 0 Å². The van der Waals surface area contributed by atoms with Gasteiger partial charge < -0.3 is 19.5 Å². The Labute approximate surface area is 173 Å². The smallest absolute Gasteiger partial charge is 0.315 e. The minimum absolute atomic E-state index is 0.0358. The van der Waals surface area contributed by atoms with Crippen molar-refractivity contribution in [2.75, 3.05) is 26.8 Å². The van der Waals surface area contributed by atoms with Gasteiger partial charge in [0.2, 0.25) is 0 Å². The molecule has 2 aliphatic heterocycles. The van der Waals surface area contributed by atoms with E-state index < -0.39 is 0 Å². The van der Waals surface area contributed by atoms with Gasteiger partial charge >= 0.3 is 5.97 Å². The van der Waals surface area contributed by atoms with Crippen molar-refractivity contribution >= 4 is 5.97 Å². The van der Waals surface area contributed by atoms with Crippen LogP contribution in [0.4, 0.5) is 0 Å². The Bertz CT molecular complexity index is 759. The highest BCUT2D eigenvalue weighted by atomic mass is 16.6. The van der Waals surface area contributed by atoms with E-state index in [9.17, 15) is 4.79 Å². The maximum absolute atomic E-state index is 12.7. The number of carbonyl (C=O) groups excluding carboxylic acids is 1. The molecular weight excluding hydrogens is 366 g/mol. The number of carbonyl (C=O) groups is 1. The fourth-order valence-corrected chi connectivity index (χ4v) is 6.58. The van der Waals surface area contributed by atoms with E-state index in [-0.39, 0.29) is 29.0 Å². The van der Waals surface area contributed by atoms with Crippen molar-refractivity contribution in [3.8, 4) is 5.75 Å². The summed E-state index contributed by atoms with van der Waals surface area (Å²) in [6.07, 6.45) is 6.96. The van der Waals surface area contributed by atoms with Crippen molar-refractivity contribution in [3.05, 3.63) is 29.8 Å². The highest BCUT2D eigenvalue weighted by Crippen LogP contribution is 2.62. The number of epoxide rings is 1. The first-order valence-electron chi connectivity index (χ1n) is 11.3. The number of quaternary nitrogens is 1. The average molecular weight is 401 g/mol. The van der Waals surface area contributed by atoms with Crippen LogP contribution in [-0.4, -0.2) is 44.5 Å². The van der Waals surface area contributed by atoms with E-state index in [0.717, 1.165) is 44.7 Å². The van der Waals surface area contributed by atoms with Crippen LogP contribution in [0.15, 0.2) is 24.3 Å². The lowest BCUT2D eigenvalue weighted by molar-refractivity contribution is -0.658. The Morgan fingerprint density at radius 1 is 1.24 bits per heavy atom. The van der Waals surface area contributed by atoms with Crippen molar-refractivity contribution in [2.24, 2.45) is 23.2 Å². The summed E-state index contributed by atoms with van der Waals surface area (Å²) in [4.78, 5) is 12.7. The molecule has 2 saturated heterocycles. The molecule has 5 nitrogen and oxygen atoms in total. The Balaban J connectivity index is 1.18. The van der Waals surface area contributed by atoms with Crippen LogP contribution >= 0.6 is 0 Å². The Kier molecular flexibility index (Phi) is 4.86. The van der Waals surface area contributed by atoms with Gasteiger partial charge in [-0.1, -0.05) is 19.1 Å². The molecule has 29 heavy (non-hydrogen) atoms. The lowest BCUT2D eigenvalue weighted by Gasteiger charge is -2.51. The van der Waals surface area contributed by atoms with Crippen LogP contribution in [0.3, 0.4) is 0 Å². The number of methoxy groups -OCH3 is 1. The van der Waals surface area contributed by atoms with Crippen LogP contribution in [0.5, 0.6) is 5.75 Å². The molecule has 5 rings (SSSR count). The maximum atomic E-state index is 12.7. The molecule has 2 saturated carbocycles. The molecule has 4 fully saturated rings. The third-order valence-corrected chi connectivity index (χ3v) is 8.30. The minimum Gasteiger partial charge on any atom is -0.497 e. The van der Waals surface area contributed by atoms with Gasteiger partial charge in [0.05, 0.1) is 32.4 Å². The van der Waals surface area contributed by atoms with Crippen molar-refractivity contribution in [1.82, 2.24) is 0 Å². The van der Waals surface area contributed by atoms with Crippen molar-refractivity contribution in [1.29, 1.82) is 0 Å². The van der Waals surface area contributed by atoms with Crippen molar-refractivity contribution in [2.45, 2.75) is 57.2 Å². The summed E-state index contributed by atoms with van der Waals surface area (Å²) in [7, 11) is 1.69. The summed E-state index contributed by atoms with van der Waals surface area (Å²) < 4.78 is 17.1. The average Bonchev–Trinajstić information content (AvgIpc) is 3.41. The lowest BCUT2D eigenvalue weighted by Crippen LogP contribution is -2.86. The number of fused-ring (bicyclic) bond motifs is 3. The summed E-state index contributed by atoms with van der Waals surface area (Å²) in [5.41, 5.74) is 1.72. The minimum atomic E-state index is 0.0358. The molecule has 2 heterocycles. The fourth-order valence-electron chi connectivity index (χ4n) is 6.58. The SMILES string of the molecule is COc1ccc(CC[NH2+]C[C@H]2C(=O)O[C@@H]3C[C@@]4(C)CCC[C@]5(CO5)[C@@H]4C[C@@H]32)cc1. The van der Waals surface area contributed by atoms with E-state index in [1.807, 2.05) is 12.1 Å². The standard InChI is InChI=1S/C24H33NO4/c1-23-9-3-10-24(15-28-24)21(23)12-18-19(22(26)29-20(18)13-23)14-25-11-8-16-4-6-17(27-2)7-5-16/h4-7,18-21,25H,3,8-15H2,1-2H3/p+1/t18-,19-,20-,21-,23-,24+/m1/s1. The van der Waals surface area contributed by atoms with Gasteiger partial charge in [0, 0.05) is 12.3 Å². The highest BCUT2D eigenvalue weighted by molar-refractivity contribution is 5.75. The van der Waals surface area contributed by atoms with Gasteiger partial charge in [-0.05, 0) is 61.1 Å². The fraction of sp³-hybridized carbons (Fsp3) is 0.708. The van der Waals surface area contributed by atoms with E-state index in [1.54, 1.807) is 7.11 Å². The van der Waals surface area contributed by atoms with Crippen molar-refractivity contribution in [3.63, 3.8) is 0 Å². The predicted molar refractivity (Wildman–Crippen MR) is 109 cm³/mol. The Morgan fingerprint density at radius 3 is 2.76 bits per heavy atom. The number of esters is 1. The molecule has 5 heteroatoms. The summed E-state index contributed by atoms with van der Waals surface area (Å²) in [6.45, 7) is 5.17. The van der Waals surface area contributed by atoms with E-state index in [2.05, 4.69) is 24.4 Å². The number of hydrogen-bond donors (Lipinski definition) is 1. The number of rotatable bonds is 6. The van der Waals surface area contributed by atoms with E-state index in [0.29, 0.717) is 11.8 Å². The van der Waals surface area contributed by atoms with Gasteiger partial charge in [-0.2, -0.15) is 0 Å². The Hall–Kier alpha value is -1.59. The molecule has 1 spiro atoms. The zero-order valence-corrected chi connectivity index (χ0v) is 17.7. The van der Waals surface area contributed by atoms with E-state index in [4.69, 9.17) is 14.2 Å². The van der Waals surface area contributed by atoms with Gasteiger partial charge in [-0.3, -0.25) is 4.79 Å². The topological polar surface area (TPSA) is 64.7 Å². The molecular formula is C24H34NO4+. The molecule has 0 radical (unpaired) electrons. The third kappa shape index (κ3) is 3.46. The lowest BCUT2D eigenvalue weighted by atomic mass is 9.53. The van der Waals surface area contributed by atoms with Crippen LogP contribution in [-0.2, 0) is 20.7 Å². The quantitative estimate of drug-likeness (QED) is 0.452. The van der Waals surface area contributed by atoms with Crippen LogP contribution in [0.2, 0.25) is 0 Å². The summed E-state index contributed by atoms with van der Waals surface area (Å²) >= 11 is 0. The van der Waals surface area contributed by atoms with Crippen molar-refractivity contribution < 1.29 is 24.3 Å². The number of benzene rings is 1. The van der Waals surface area contributed by atoms with E-state index >= 15 is 0 Å². The largest absolute Gasteiger partial charge is 0.497 e. The van der Waals surface area contributed by atoms with Crippen LogP contribution in [0.1, 0.15) is 44.6 Å². The normalized spacial score (nSPS) is 40.3. The number of hydrogen-bond acceptors (Lipinski definition) is 4. The molecule has 0 unspecified atom stereocenters. The second kappa shape index (κ2) is 7.28. The monoisotopic (exact) mass is 400 g/mol. The first-order chi connectivity index (χ1) is 14.0. The second-order valence-corrected chi connectivity index (χ2v) is 10.0. The van der Waals surface area contributed by atoms with Gasteiger partial charge in [0.15, 0.2) is 0 Å². The second-order valence-electron chi connectivity index (χ2n) is 10.0. The van der Waals surface area contributed by atoms with Gasteiger partial charge in [-0.25, -0.2) is 0 Å². The molecule has 158 valence electrons. The van der Waals surface area contributed by atoms with Crippen LogP contribution in [0.25, 0.3) is 0 Å². The molecule has 0 aromatic heterocycles. The summed E-state index contributed by atoms with van der Waals surface area (Å²) in [5.74, 6) is 1.94. The van der Waals surface area contributed by atoms with Gasteiger partial charge in [0.1, 0.15) is 17.8 Å². The zero-order valence-electron chi connectivity index (χ0n) is 17.7. The summed E-state index contributed by atoms with van der Waals surface area (Å²) in [5, 5.41) is 2.30. The molecule has 0 bridgehead atoms. The zero-order chi connectivity index (χ0) is 20.1. The molecule has 4 aliphatic rings. The van der Waals surface area contributed by atoms with Gasteiger partial charge in [0.25, 0.3) is 0 Å². The van der Waals surface area contributed by atoms with Crippen LogP contribution in [0, 0.1) is 23.2 Å². The summed E-state index contributed by atoms with van der Waals surface area (Å²) in [6, 6.07) is 8.25. The third-order valence-electron chi connectivity index (χ3n) is 8.30. The van der Waals surface area contributed by atoms with Crippen LogP contribution < -0.4 is 10.1 Å². The first-order valence-corrected chi connectivity index (χ1v) is 11.3. The molecule has 0 amide bonds.